The van der Waals surface area contributed by atoms with Gasteiger partial charge in [-0.25, -0.2) is 4.98 Å². The Labute approximate surface area is 147 Å². The maximum absolute atomic E-state index is 13.0. The average molecular weight is 332 g/mol. The van der Waals surface area contributed by atoms with Crippen molar-refractivity contribution in [2.75, 3.05) is 31.6 Å². The Morgan fingerprint density at radius 1 is 1.24 bits per heavy atom. The van der Waals surface area contributed by atoms with Crippen LogP contribution in [0.25, 0.3) is 0 Å². The Kier molecular flexibility index (Phi) is 3.69. The van der Waals surface area contributed by atoms with Crippen LogP contribution in [0.2, 0.25) is 0 Å². The van der Waals surface area contributed by atoms with E-state index in [1.54, 1.807) is 12.3 Å². The lowest BCUT2D eigenvalue weighted by Gasteiger charge is -2.29. The van der Waals surface area contributed by atoms with Crippen molar-refractivity contribution < 1.29 is 4.79 Å². The molecule has 2 saturated heterocycles. The Bertz CT molecular complexity index is 827. The smallest absolute Gasteiger partial charge is 0.231 e. The van der Waals surface area contributed by atoms with Crippen LogP contribution in [-0.2, 0) is 4.79 Å². The van der Waals surface area contributed by atoms with E-state index < -0.39 is 0 Å². The number of anilines is 1. The van der Waals surface area contributed by atoms with Gasteiger partial charge in [-0.1, -0.05) is 30.3 Å². The van der Waals surface area contributed by atoms with Crippen LogP contribution in [0.3, 0.4) is 0 Å². The molecule has 0 unspecified atom stereocenters. The second-order valence-corrected chi connectivity index (χ2v) is 6.99. The molecule has 25 heavy (non-hydrogen) atoms. The molecule has 2 atom stereocenters. The van der Waals surface area contributed by atoms with Crippen molar-refractivity contribution in [1.29, 1.82) is 5.26 Å². The number of likely N-dealkylation sites (tertiary alicyclic amines) is 1. The summed E-state index contributed by atoms with van der Waals surface area (Å²) >= 11 is 0. The van der Waals surface area contributed by atoms with Gasteiger partial charge in [-0.2, -0.15) is 5.26 Å². The second kappa shape index (κ2) is 5.89. The van der Waals surface area contributed by atoms with E-state index in [0.29, 0.717) is 12.1 Å². The minimum atomic E-state index is -0.383. The van der Waals surface area contributed by atoms with Crippen molar-refractivity contribution in [3.8, 4) is 6.07 Å². The van der Waals surface area contributed by atoms with E-state index >= 15 is 0 Å². The zero-order valence-electron chi connectivity index (χ0n) is 14.2. The summed E-state index contributed by atoms with van der Waals surface area (Å²) in [6.45, 7) is 2.24. The van der Waals surface area contributed by atoms with Crippen LogP contribution in [0, 0.1) is 16.7 Å². The number of benzene rings is 1. The Morgan fingerprint density at radius 2 is 2.04 bits per heavy atom. The van der Waals surface area contributed by atoms with Gasteiger partial charge >= 0.3 is 0 Å². The average Bonchev–Trinajstić information content (AvgIpc) is 3.21. The maximum Gasteiger partial charge on any atom is 0.231 e. The minimum absolute atomic E-state index is 0.203. The topological polar surface area (TPSA) is 60.2 Å². The number of carbonyl (C=O) groups is 1. The number of nitriles is 1. The monoisotopic (exact) mass is 332 g/mol. The molecule has 1 spiro atoms. The van der Waals surface area contributed by atoms with E-state index in [1.165, 1.54) is 5.56 Å². The molecule has 5 nitrogen and oxygen atoms in total. The van der Waals surface area contributed by atoms with Gasteiger partial charge < -0.3 is 9.80 Å². The fourth-order valence-corrected chi connectivity index (χ4v) is 4.30. The van der Waals surface area contributed by atoms with Gasteiger partial charge in [0, 0.05) is 38.8 Å². The van der Waals surface area contributed by atoms with Gasteiger partial charge in [0.2, 0.25) is 5.91 Å². The van der Waals surface area contributed by atoms with Crippen LogP contribution in [0.15, 0.2) is 48.7 Å². The first-order chi connectivity index (χ1) is 12.1. The van der Waals surface area contributed by atoms with Crippen molar-refractivity contribution in [3.05, 3.63) is 59.8 Å². The van der Waals surface area contributed by atoms with Crippen LogP contribution in [0.4, 0.5) is 5.82 Å². The molecule has 2 aromatic rings. The van der Waals surface area contributed by atoms with Gasteiger partial charge in [-0.15, -0.1) is 0 Å². The quantitative estimate of drug-likeness (QED) is 0.847. The largest absolute Gasteiger partial charge is 0.355 e. The molecule has 0 saturated carbocycles. The van der Waals surface area contributed by atoms with E-state index in [1.807, 2.05) is 36.2 Å². The number of rotatable bonds is 2. The molecule has 1 aromatic carbocycles. The van der Waals surface area contributed by atoms with Crippen molar-refractivity contribution >= 4 is 11.7 Å². The lowest BCUT2D eigenvalue weighted by Crippen LogP contribution is -2.38. The summed E-state index contributed by atoms with van der Waals surface area (Å²) in [5.74, 6) is 1.28. The first-order valence-electron chi connectivity index (χ1n) is 8.56. The zero-order chi connectivity index (χ0) is 17.4. The molecule has 0 aliphatic carbocycles. The van der Waals surface area contributed by atoms with Gasteiger partial charge in [0.15, 0.2) is 0 Å². The number of likely N-dealkylation sites (N-methyl/N-ethyl adjacent to an activating group) is 1. The van der Waals surface area contributed by atoms with E-state index in [-0.39, 0.29) is 17.2 Å². The van der Waals surface area contributed by atoms with E-state index in [2.05, 4.69) is 28.1 Å². The highest BCUT2D eigenvalue weighted by atomic mass is 16.2. The number of aromatic nitrogens is 1. The minimum Gasteiger partial charge on any atom is -0.355 e. The van der Waals surface area contributed by atoms with Gasteiger partial charge in [0.1, 0.15) is 11.9 Å². The van der Waals surface area contributed by atoms with E-state index in [4.69, 9.17) is 5.26 Å². The molecule has 126 valence electrons. The van der Waals surface area contributed by atoms with Crippen molar-refractivity contribution in [2.24, 2.45) is 5.41 Å². The summed E-state index contributed by atoms with van der Waals surface area (Å²) in [5, 5.41) is 8.93. The Morgan fingerprint density at radius 3 is 2.72 bits per heavy atom. The third-order valence-electron chi connectivity index (χ3n) is 5.60. The summed E-state index contributed by atoms with van der Waals surface area (Å²) in [4.78, 5) is 21.5. The number of pyridine rings is 1. The normalized spacial score (nSPS) is 25.6. The summed E-state index contributed by atoms with van der Waals surface area (Å²) in [6, 6.07) is 16.1. The van der Waals surface area contributed by atoms with Crippen molar-refractivity contribution in [3.63, 3.8) is 0 Å². The standard InChI is InChI=1S/C20H20N4O/c1-23-13-17(16-5-3-2-4-6-16)20(19(23)25)9-10-24(14-20)18-8-7-15(11-21)12-22-18/h2-8,12,17H,9-10,13-14H2,1H3/t17-,20-/m1/s1. The molecule has 2 aliphatic heterocycles. The maximum atomic E-state index is 13.0. The molecule has 0 N–H and O–H groups in total. The number of hydrogen-bond acceptors (Lipinski definition) is 4. The number of hydrogen-bond donors (Lipinski definition) is 0. The third-order valence-corrected chi connectivity index (χ3v) is 5.60. The number of nitrogens with zero attached hydrogens (tertiary/aromatic N) is 4. The van der Waals surface area contributed by atoms with E-state index in [9.17, 15) is 4.79 Å². The number of amides is 1. The Hall–Kier alpha value is -2.87. The first kappa shape index (κ1) is 15.6. The summed E-state index contributed by atoms with van der Waals surface area (Å²) < 4.78 is 0. The van der Waals surface area contributed by atoms with Crippen LogP contribution in [0.5, 0.6) is 0 Å². The van der Waals surface area contributed by atoms with E-state index in [0.717, 1.165) is 25.3 Å². The molecular formula is C20H20N4O. The molecular weight excluding hydrogens is 312 g/mol. The Balaban J connectivity index is 1.65. The fourth-order valence-electron chi connectivity index (χ4n) is 4.30. The van der Waals surface area contributed by atoms with Crippen LogP contribution in [0.1, 0.15) is 23.5 Å². The number of carbonyl (C=O) groups excluding carboxylic acids is 1. The van der Waals surface area contributed by atoms with Gasteiger partial charge in [0.05, 0.1) is 11.0 Å². The predicted octanol–water partition coefficient (Wildman–Crippen LogP) is 2.41. The zero-order valence-corrected chi connectivity index (χ0v) is 14.2. The molecule has 1 aromatic heterocycles. The van der Waals surface area contributed by atoms with Gasteiger partial charge in [-0.3, -0.25) is 4.79 Å². The van der Waals surface area contributed by atoms with Gasteiger partial charge in [-0.05, 0) is 24.1 Å². The SMILES string of the molecule is CN1C[C@H](c2ccccc2)[C@]2(CCN(c3ccc(C#N)cn3)C2)C1=O. The summed E-state index contributed by atoms with van der Waals surface area (Å²) in [5.41, 5.74) is 1.40. The van der Waals surface area contributed by atoms with Crippen LogP contribution in [-0.4, -0.2) is 42.5 Å². The summed E-state index contributed by atoms with van der Waals surface area (Å²) in [6.07, 6.45) is 2.43. The van der Waals surface area contributed by atoms with Gasteiger partial charge in [0.25, 0.3) is 0 Å². The molecule has 4 rings (SSSR count). The summed E-state index contributed by atoms with van der Waals surface area (Å²) in [7, 11) is 1.90. The third kappa shape index (κ3) is 2.45. The predicted molar refractivity (Wildman–Crippen MR) is 95.0 cm³/mol. The van der Waals surface area contributed by atoms with Crippen molar-refractivity contribution in [1.82, 2.24) is 9.88 Å². The van der Waals surface area contributed by atoms with Crippen LogP contribution >= 0.6 is 0 Å². The second-order valence-electron chi connectivity index (χ2n) is 6.99. The molecule has 1 amide bonds. The van der Waals surface area contributed by atoms with Crippen LogP contribution < -0.4 is 4.90 Å². The first-order valence-corrected chi connectivity index (χ1v) is 8.56. The molecule has 0 bridgehead atoms. The molecule has 0 radical (unpaired) electrons. The van der Waals surface area contributed by atoms with Crippen molar-refractivity contribution in [2.45, 2.75) is 12.3 Å². The molecule has 2 aliphatic rings. The highest BCUT2D eigenvalue weighted by Crippen LogP contribution is 2.50. The highest BCUT2D eigenvalue weighted by molar-refractivity contribution is 5.88. The lowest BCUT2D eigenvalue weighted by molar-refractivity contribution is -0.134. The molecule has 2 fully saturated rings. The molecule has 5 heteroatoms. The highest BCUT2D eigenvalue weighted by Gasteiger charge is 2.56. The fraction of sp³-hybridized carbons (Fsp3) is 0.350. The molecule has 3 heterocycles. The lowest BCUT2D eigenvalue weighted by atomic mass is 9.73.